The van der Waals surface area contributed by atoms with Gasteiger partial charge in [-0.05, 0) is 5.56 Å². The lowest BCUT2D eigenvalue weighted by molar-refractivity contribution is 0.586. The van der Waals surface area contributed by atoms with Gasteiger partial charge in [0.2, 0.25) is 0 Å². The molecule has 1 N–H and O–H groups in total. The van der Waals surface area contributed by atoms with Gasteiger partial charge in [-0.3, -0.25) is 5.10 Å². The first-order chi connectivity index (χ1) is 8.25. The van der Waals surface area contributed by atoms with Crippen molar-refractivity contribution in [3.05, 3.63) is 36.4 Å². The van der Waals surface area contributed by atoms with E-state index < -0.39 is 11.2 Å². The van der Waals surface area contributed by atoms with Gasteiger partial charge in [0.1, 0.15) is 6.26 Å². The van der Waals surface area contributed by atoms with Crippen molar-refractivity contribution in [3.8, 4) is 11.3 Å². The third kappa shape index (κ3) is 1.71. The Hall–Kier alpha value is -1.79. The van der Waals surface area contributed by atoms with Crippen molar-refractivity contribution in [2.45, 2.75) is 5.16 Å². The lowest BCUT2D eigenvalue weighted by Gasteiger charge is -1.99. The Bertz CT molecular complexity index is 644. The number of benzene rings is 1. The van der Waals surface area contributed by atoms with Crippen molar-refractivity contribution in [2.24, 2.45) is 0 Å². The summed E-state index contributed by atoms with van der Waals surface area (Å²) in [5.41, 5.74) is 2.67. The summed E-state index contributed by atoms with van der Waals surface area (Å²) >= 11 is -1.16. The Morgan fingerprint density at radius 2 is 2.00 bits per heavy atom. The standard InChI is InChI=1S/C11H10N4OS/c1-17(16)11-13-12-10-7-9(14-15(10)11)8-5-3-2-4-6-8/h2-7,14H,1H3. The quantitative estimate of drug-likeness (QED) is 0.696. The molecule has 0 saturated carbocycles. The van der Waals surface area contributed by atoms with E-state index in [0.29, 0.717) is 10.8 Å². The van der Waals surface area contributed by atoms with Crippen molar-refractivity contribution in [2.75, 3.05) is 6.26 Å². The summed E-state index contributed by atoms with van der Waals surface area (Å²) in [4.78, 5) is 0. The summed E-state index contributed by atoms with van der Waals surface area (Å²) in [6.07, 6.45) is 1.58. The first-order valence-corrected chi connectivity index (χ1v) is 6.64. The van der Waals surface area contributed by atoms with Crippen LogP contribution in [0.1, 0.15) is 0 Å². The Morgan fingerprint density at radius 3 is 2.71 bits per heavy atom. The first-order valence-electron chi connectivity index (χ1n) is 5.09. The lowest BCUT2D eigenvalue weighted by Crippen LogP contribution is -2.04. The topological polar surface area (TPSA) is 69.0 Å². The number of nitrogens with one attached hydrogen (secondary N) is 1. The minimum Gasteiger partial charge on any atom is -0.609 e. The highest BCUT2D eigenvalue weighted by Gasteiger charge is 2.16. The highest BCUT2D eigenvalue weighted by Crippen LogP contribution is 2.19. The van der Waals surface area contributed by atoms with Gasteiger partial charge in [0.25, 0.3) is 0 Å². The van der Waals surface area contributed by atoms with Gasteiger partial charge in [0.05, 0.1) is 5.69 Å². The molecule has 0 radical (unpaired) electrons. The van der Waals surface area contributed by atoms with Crippen molar-refractivity contribution in [1.82, 2.24) is 19.8 Å². The van der Waals surface area contributed by atoms with E-state index in [9.17, 15) is 4.55 Å². The number of fused-ring (bicyclic) bond motifs is 1. The van der Waals surface area contributed by atoms with Crippen LogP contribution in [0.15, 0.2) is 41.6 Å². The van der Waals surface area contributed by atoms with Gasteiger partial charge in [-0.2, -0.15) is 4.52 Å². The Labute approximate surface area is 101 Å². The van der Waals surface area contributed by atoms with Gasteiger partial charge in [-0.1, -0.05) is 35.4 Å². The molecule has 0 aliphatic carbocycles. The molecule has 0 spiro atoms. The third-order valence-corrected chi connectivity index (χ3v) is 3.28. The highest BCUT2D eigenvalue weighted by atomic mass is 32.2. The molecule has 0 aliphatic heterocycles. The number of aromatic amines is 1. The number of nitrogens with zero attached hydrogens (tertiary/aromatic N) is 3. The smallest absolute Gasteiger partial charge is 0.362 e. The van der Waals surface area contributed by atoms with Gasteiger partial charge >= 0.3 is 5.16 Å². The van der Waals surface area contributed by atoms with Crippen LogP contribution in [0.3, 0.4) is 0 Å². The van der Waals surface area contributed by atoms with Crippen LogP contribution >= 0.6 is 0 Å². The fraction of sp³-hybridized carbons (Fsp3) is 0.0909. The fourth-order valence-corrected chi connectivity index (χ4v) is 2.27. The van der Waals surface area contributed by atoms with Gasteiger partial charge in [0.15, 0.2) is 5.65 Å². The zero-order valence-corrected chi connectivity index (χ0v) is 9.94. The van der Waals surface area contributed by atoms with Crippen LogP contribution in [0.2, 0.25) is 0 Å². The maximum atomic E-state index is 11.4. The number of rotatable bonds is 2. The van der Waals surface area contributed by atoms with Crippen LogP contribution in [0.5, 0.6) is 0 Å². The van der Waals surface area contributed by atoms with E-state index in [2.05, 4.69) is 15.3 Å². The molecule has 2 heterocycles. The normalized spacial score (nSPS) is 13.1. The van der Waals surface area contributed by atoms with E-state index in [4.69, 9.17) is 0 Å². The van der Waals surface area contributed by atoms with Crippen LogP contribution in [-0.2, 0) is 11.2 Å². The molecule has 86 valence electrons. The average Bonchev–Trinajstić information content (AvgIpc) is 2.88. The second-order valence-electron chi connectivity index (χ2n) is 3.67. The first kappa shape index (κ1) is 10.4. The monoisotopic (exact) mass is 246 g/mol. The summed E-state index contributed by atoms with van der Waals surface area (Å²) < 4.78 is 13.1. The molecule has 0 fully saturated rings. The van der Waals surface area contributed by atoms with Gasteiger partial charge in [0, 0.05) is 17.2 Å². The summed E-state index contributed by atoms with van der Waals surface area (Å²) in [6, 6.07) is 11.8. The summed E-state index contributed by atoms with van der Waals surface area (Å²) in [7, 11) is 0. The van der Waals surface area contributed by atoms with Crippen LogP contribution in [0.25, 0.3) is 16.9 Å². The van der Waals surface area contributed by atoms with Crippen LogP contribution < -0.4 is 0 Å². The van der Waals surface area contributed by atoms with Crippen molar-refractivity contribution >= 4 is 16.8 Å². The molecule has 0 aliphatic rings. The molecule has 1 atom stereocenters. The molecule has 3 rings (SSSR count). The molecular formula is C11H10N4OS. The molecule has 0 saturated heterocycles. The van der Waals surface area contributed by atoms with Crippen LogP contribution in [-0.4, -0.2) is 30.6 Å². The molecule has 3 aromatic rings. The predicted molar refractivity (Wildman–Crippen MR) is 65.1 cm³/mol. The molecule has 0 bridgehead atoms. The van der Waals surface area contributed by atoms with E-state index >= 15 is 0 Å². The number of aromatic nitrogens is 4. The zero-order valence-electron chi connectivity index (χ0n) is 9.12. The number of H-pyrrole nitrogens is 1. The Kier molecular flexibility index (Phi) is 2.38. The largest absolute Gasteiger partial charge is 0.609 e. The van der Waals surface area contributed by atoms with Gasteiger partial charge in [-0.25, -0.2) is 0 Å². The molecule has 6 heteroatoms. The fourth-order valence-electron chi connectivity index (χ4n) is 1.71. The lowest BCUT2D eigenvalue weighted by atomic mass is 10.2. The van der Waals surface area contributed by atoms with Gasteiger partial charge < -0.3 is 4.55 Å². The van der Waals surface area contributed by atoms with Crippen LogP contribution in [0.4, 0.5) is 0 Å². The Balaban J connectivity index is 2.15. The van der Waals surface area contributed by atoms with E-state index in [1.54, 1.807) is 10.8 Å². The van der Waals surface area contributed by atoms with Crippen molar-refractivity contribution in [1.29, 1.82) is 0 Å². The summed E-state index contributed by atoms with van der Waals surface area (Å²) in [5.74, 6) is 0. The summed E-state index contributed by atoms with van der Waals surface area (Å²) in [6.45, 7) is 0. The molecular weight excluding hydrogens is 236 g/mol. The molecule has 1 unspecified atom stereocenters. The maximum absolute atomic E-state index is 11.4. The van der Waals surface area contributed by atoms with E-state index in [1.165, 1.54) is 0 Å². The maximum Gasteiger partial charge on any atom is 0.362 e. The molecule has 1 aromatic carbocycles. The van der Waals surface area contributed by atoms with E-state index in [1.807, 2.05) is 36.4 Å². The van der Waals surface area contributed by atoms with Crippen molar-refractivity contribution < 1.29 is 4.55 Å². The average molecular weight is 246 g/mol. The van der Waals surface area contributed by atoms with Crippen LogP contribution in [0, 0.1) is 0 Å². The van der Waals surface area contributed by atoms with Gasteiger partial charge in [-0.15, -0.1) is 5.10 Å². The number of hydrogen-bond acceptors (Lipinski definition) is 3. The third-order valence-electron chi connectivity index (χ3n) is 2.51. The van der Waals surface area contributed by atoms with E-state index in [0.717, 1.165) is 11.3 Å². The molecule has 5 nitrogen and oxygen atoms in total. The van der Waals surface area contributed by atoms with E-state index in [-0.39, 0.29) is 0 Å². The summed E-state index contributed by atoms with van der Waals surface area (Å²) in [5, 5.41) is 11.4. The molecule has 0 amide bonds. The zero-order chi connectivity index (χ0) is 11.8. The Morgan fingerprint density at radius 1 is 1.24 bits per heavy atom. The molecule has 2 aromatic heterocycles. The minimum absolute atomic E-state index is 0.433. The SMILES string of the molecule is C[S+]([O-])c1nnc2cc(-c3ccccc3)[nH]n12. The number of hydrogen-bond donors (Lipinski definition) is 1. The highest BCUT2D eigenvalue weighted by molar-refractivity contribution is 7.90. The van der Waals surface area contributed by atoms with Crippen molar-refractivity contribution in [3.63, 3.8) is 0 Å². The second kappa shape index (κ2) is 3.90. The minimum atomic E-state index is -1.16. The molecule has 17 heavy (non-hydrogen) atoms. The predicted octanol–water partition coefficient (Wildman–Crippen LogP) is 1.46. The second-order valence-corrected chi connectivity index (χ2v) is 4.94.